The van der Waals surface area contributed by atoms with E-state index in [1.54, 1.807) is 4.90 Å². The monoisotopic (exact) mass is 144 g/mol. The minimum Gasteiger partial charge on any atom is -0.370 e. The second-order valence-corrected chi connectivity index (χ2v) is 3.08. The molecular weight excluding hydrogens is 126 g/mol. The van der Waals surface area contributed by atoms with E-state index in [9.17, 15) is 0 Å². The Morgan fingerprint density at radius 3 is 2.50 bits per heavy atom. The molecule has 0 aliphatic carbocycles. The summed E-state index contributed by atoms with van der Waals surface area (Å²) < 4.78 is 5.27. The van der Waals surface area contributed by atoms with Gasteiger partial charge in [0.05, 0.1) is 19.3 Å². The second-order valence-electron chi connectivity index (χ2n) is 3.08. The van der Waals surface area contributed by atoms with Crippen molar-refractivity contribution in [2.75, 3.05) is 26.3 Å². The summed E-state index contributed by atoms with van der Waals surface area (Å²) in [5, 5.41) is 0. The van der Waals surface area contributed by atoms with Gasteiger partial charge in [0.2, 0.25) is 0 Å². The first kappa shape index (κ1) is 8.02. The third kappa shape index (κ3) is 1.96. The summed E-state index contributed by atoms with van der Waals surface area (Å²) in [6.07, 6.45) is 1.29. The van der Waals surface area contributed by atoms with Crippen molar-refractivity contribution in [1.82, 2.24) is 0 Å². The molecule has 1 N–H and O–H groups in total. The number of morpholine rings is 1. The molecule has 1 saturated heterocycles. The minimum atomic E-state index is 0.823. The number of ether oxygens (including phenoxy) is 1. The Kier molecular flexibility index (Phi) is 3.16. The largest absolute Gasteiger partial charge is 0.370 e. The summed E-state index contributed by atoms with van der Waals surface area (Å²) in [4.78, 5) is 1.72. The summed E-state index contributed by atoms with van der Waals surface area (Å²) >= 11 is 0. The fourth-order valence-electron chi connectivity index (χ4n) is 1.42. The van der Waals surface area contributed by atoms with Gasteiger partial charge in [0.15, 0.2) is 0 Å². The van der Waals surface area contributed by atoms with Gasteiger partial charge in [-0.15, -0.1) is 0 Å². The van der Waals surface area contributed by atoms with E-state index in [4.69, 9.17) is 4.74 Å². The maximum Gasteiger partial charge on any atom is 0.101 e. The van der Waals surface area contributed by atoms with Gasteiger partial charge in [-0.3, -0.25) is 0 Å². The SMILES string of the molecule is CC[C@H](C)[NH+]1CCOCC1. The van der Waals surface area contributed by atoms with E-state index >= 15 is 0 Å². The van der Waals surface area contributed by atoms with Crippen LogP contribution in [0.5, 0.6) is 0 Å². The van der Waals surface area contributed by atoms with E-state index in [2.05, 4.69) is 13.8 Å². The standard InChI is InChI=1S/C8H17NO/c1-3-8(2)9-4-6-10-7-5-9/h8H,3-7H2,1-2H3/p+1/t8-/m0/s1. The quantitative estimate of drug-likeness (QED) is 0.562. The Balaban J connectivity index is 2.24. The Morgan fingerprint density at radius 2 is 2.00 bits per heavy atom. The molecule has 0 bridgehead atoms. The van der Waals surface area contributed by atoms with Gasteiger partial charge < -0.3 is 9.64 Å². The van der Waals surface area contributed by atoms with Crippen LogP contribution in [0.2, 0.25) is 0 Å². The van der Waals surface area contributed by atoms with Crippen molar-refractivity contribution in [1.29, 1.82) is 0 Å². The zero-order chi connectivity index (χ0) is 7.40. The number of hydrogen-bond acceptors (Lipinski definition) is 1. The van der Waals surface area contributed by atoms with Gasteiger partial charge >= 0.3 is 0 Å². The second kappa shape index (κ2) is 3.94. The topological polar surface area (TPSA) is 13.7 Å². The highest BCUT2D eigenvalue weighted by atomic mass is 16.5. The minimum absolute atomic E-state index is 0.823. The number of quaternary nitrogens is 1. The lowest BCUT2D eigenvalue weighted by atomic mass is 10.2. The van der Waals surface area contributed by atoms with E-state index in [-0.39, 0.29) is 0 Å². The Hall–Kier alpha value is -0.0800. The van der Waals surface area contributed by atoms with Crippen molar-refractivity contribution in [2.45, 2.75) is 26.3 Å². The fourth-order valence-corrected chi connectivity index (χ4v) is 1.42. The predicted molar refractivity (Wildman–Crippen MR) is 41.3 cm³/mol. The molecule has 0 aromatic carbocycles. The zero-order valence-electron chi connectivity index (χ0n) is 7.02. The number of rotatable bonds is 2. The van der Waals surface area contributed by atoms with Gasteiger partial charge in [-0.05, 0) is 13.3 Å². The Morgan fingerprint density at radius 1 is 1.40 bits per heavy atom. The molecule has 0 saturated carbocycles. The first-order valence-corrected chi connectivity index (χ1v) is 4.27. The molecule has 1 heterocycles. The molecule has 0 amide bonds. The third-order valence-corrected chi connectivity index (χ3v) is 2.44. The number of hydrogen-bond donors (Lipinski definition) is 1. The van der Waals surface area contributed by atoms with E-state index < -0.39 is 0 Å². The van der Waals surface area contributed by atoms with E-state index in [0.29, 0.717) is 0 Å². The van der Waals surface area contributed by atoms with E-state index in [1.165, 1.54) is 19.5 Å². The molecule has 1 atom stereocenters. The molecule has 0 radical (unpaired) electrons. The number of nitrogens with one attached hydrogen (secondary N) is 1. The lowest BCUT2D eigenvalue weighted by molar-refractivity contribution is -0.931. The molecule has 1 fully saturated rings. The lowest BCUT2D eigenvalue weighted by Gasteiger charge is -2.28. The average Bonchev–Trinajstić information content (AvgIpc) is 2.05. The van der Waals surface area contributed by atoms with Crippen molar-refractivity contribution >= 4 is 0 Å². The first-order chi connectivity index (χ1) is 4.84. The maximum absolute atomic E-state index is 5.27. The molecule has 2 nitrogen and oxygen atoms in total. The van der Waals surface area contributed by atoms with Gasteiger partial charge in [-0.1, -0.05) is 6.92 Å². The van der Waals surface area contributed by atoms with Gasteiger partial charge in [-0.25, -0.2) is 0 Å². The van der Waals surface area contributed by atoms with Gasteiger partial charge in [0, 0.05) is 0 Å². The summed E-state index contributed by atoms with van der Waals surface area (Å²) in [5.41, 5.74) is 0. The van der Waals surface area contributed by atoms with Gasteiger partial charge in [0.25, 0.3) is 0 Å². The van der Waals surface area contributed by atoms with Crippen molar-refractivity contribution < 1.29 is 9.64 Å². The Bertz CT molecular complexity index is 89.3. The van der Waals surface area contributed by atoms with Crippen LogP contribution in [0.15, 0.2) is 0 Å². The average molecular weight is 144 g/mol. The Labute approximate surface area is 63.2 Å². The van der Waals surface area contributed by atoms with Crippen molar-refractivity contribution in [3.63, 3.8) is 0 Å². The molecule has 1 aliphatic heterocycles. The summed E-state index contributed by atoms with van der Waals surface area (Å²) in [7, 11) is 0. The third-order valence-electron chi connectivity index (χ3n) is 2.44. The molecule has 0 aromatic heterocycles. The van der Waals surface area contributed by atoms with Crippen LogP contribution in [0.1, 0.15) is 20.3 Å². The summed E-state index contributed by atoms with van der Waals surface area (Å²) in [5.74, 6) is 0. The van der Waals surface area contributed by atoms with Crippen LogP contribution < -0.4 is 4.90 Å². The maximum atomic E-state index is 5.27. The molecule has 0 spiro atoms. The molecule has 2 heteroatoms. The van der Waals surface area contributed by atoms with Crippen molar-refractivity contribution in [2.24, 2.45) is 0 Å². The lowest BCUT2D eigenvalue weighted by Crippen LogP contribution is -3.17. The normalized spacial score (nSPS) is 24.6. The van der Waals surface area contributed by atoms with E-state index in [0.717, 1.165) is 19.3 Å². The molecule has 1 rings (SSSR count). The summed E-state index contributed by atoms with van der Waals surface area (Å²) in [6.45, 7) is 8.90. The molecule has 0 aromatic rings. The molecule has 10 heavy (non-hydrogen) atoms. The van der Waals surface area contributed by atoms with E-state index in [1.807, 2.05) is 0 Å². The van der Waals surface area contributed by atoms with Gasteiger partial charge in [0.1, 0.15) is 13.1 Å². The first-order valence-electron chi connectivity index (χ1n) is 4.27. The molecule has 1 aliphatic rings. The van der Waals surface area contributed by atoms with Crippen molar-refractivity contribution in [3.8, 4) is 0 Å². The van der Waals surface area contributed by atoms with Gasteiger partial charge in [-0.2, -0.15) is 0 Å². The zero-order valence-corrected chi connectivity index (χ0v) is 7.02. The predicted octanol–water partition coefficient (Wildman–Crippen LogP) is -0.300. The van der Waals surface area contributed by atoms with Crippen LogP contribution in [-0.4, -0.2) is 32.3 Å². The fraction of sp³-hybridized carbons (Fsp3) is 1.00. The smallest absolute Gasteiger partial charge is 0.101 e. The summed E-state index contributed by atoms with van der Waals surface area (Å²) in [6, 6.07) is 0.823. The molecule has 0 unspecified atom stereocenters. The van der Waals surface area contributed by atoms with Crippen LogP contribution >= 0.6 is 0 Å². The highest BCUT2D eigenvalue weighted by molar-refractivity contribution is 4.46. The van der Waals surface area contributed by atoms with Crippen LogP contribution in [0.25, 0.3) is 0 Å². The highest BCUT2D eigenvalue weighted by Gasteiger charge is 2.18. The van der Waals surface area contributed by atoms with Crippen LogP contribution in [0, 0.1) is 0 Å². The highest BCUT2D eigenvalue weighted by Crippen LogP contribution is 1.84. The van der Waals surface area contributed by atoms with Crippen LogP contribution in [0.4, 0.5) is 0 Å². The van der Waals surface area contributed by atoms with Crippen LogP contribution in [-0.2, 0) is 4.74 Å². The van der Waals surface area contributed by atoms with Crippen LogP contribution in [0.3, 0.4) is 0 Å². The van der Waals surface area contributed by atoms with Crippen molar-refractivity contribution in [3.05, 3.63) is 0 Å². The molecular formula is C8H18NO+. The molecule has 60 valence electrons.